The van der Waals surface area contributed by atoms with Gasteiger partial charge in [-0.15, -0.1) is 0 Å². The maximum Gasteiger partial charge on any atom is 0.416 e. The summed E-state index contributed by atoms with van der Waals surface area (Å²) in [5.41, 5.74) is 0. The summed E-state index contributed by atoms with van der Waals surface area (Å²) in [6, 6.07) is 10.4. The van der Waals surface area contributed by atoms with Crippen LogP contribution in [0.4, 0.5) is 17.6 Å². The fourth-order valence-corrected chi connectivity index (χ4v) is 1.66. The van der Waals surface area contributed by atoms with Crippen molar-refractivity contribution in [1.82, 2.24) is 0 Å². The number of carboxylic acid groups (broad SMARTS) is 1. The van der Waals surface area contributed by atoms with Crippen molar-refractivity contribution in [2.45, 2.75) is 11.8 Å². The zero-order chi connectivity index (χ0) is 16.5. The Hall–Kier alpha value is -2.64. The summed E-state index contributed by atoms with van der Waals surface area (Å²) in [6.07, 6.45) is 0. The molecule has 0 aliphatic rings. The lowest BCUT2D eigenvalue weighted by Crippen LogP contribution is -2.53. The first kappa shape index (κ1) is 15.7. The van der Waals surface area contributed by atoms with Crippen LogP contribution in [0.2, 0.25) is 0 Å². The van der Waals surface area contributed by atoms with Crippen LogP contribution in [-0.2, 0) is 9.59 Å². The first-order valence-electron chi connectivity index (χ1n) is 5.86. The van der Waals surface area contributed by atoms with Crippen LogP contribution in [0.15, 0.2) is 42.5 Å². The number of ether oxygens (including phenoxy) is 1. The Morgan fingerprint density at radius 2 is 1.50 bits per heavy atom. The van der Waals surface area contributed by atoms with Crippen LogP contribution >= 0.6 is 0 Å². The van der Waals surface area contributed by atoms with Gasteiger partial charge in [-0.2, -0.15) is 17.6 Å². The third-order valence-corrected chi connectivity index (χ3v) is 2.85. The van der Waals surface area contributed by atoms with E-state index in [0.717, 1.165) is 6.07 Å². The monoisotopic (exact) mass is 316 g/mol. The highest BCUT2D eigenvalue weighted by Crippen LogP contribution is 2.36. The van der Waals surface area contributed by atoms with E-state index in [1.807, 2.05) is 0 Å². The van der Waals surface area contributed by atoms with Gasteiger partial charge in [0.1, 0.15) is 5.75 Å². The lowest BCUT2D eigenvalue weighted by molar-refractivity contribution is -0.229. The summed E-state index contributed by atoms with van der Waals surface area (Å²) in [5, 5.41) is 9.34. The molecule has 0 spiro atoms. The van der Waals surface area contributed by atoms with Crippen molar-refractivity contribution in [2.75, 3.05) is 0 Å². The molecule has 0 bridgehead atoms. The number of esters is 1. The fraction of sp³-hybridized carbons (Fsp3) is 0.143. The second-order valence-electron chi connectivity index (χ2n) is 4.35. The van der Waals surface area contributed by atoms with Crippen LogP contribution in [0, 0.1) is 0 Å². The van der Waals surface area contributed by atoms with Gasteiger partial charge in [0.05, 0.1) is 0 Å². The van der Waals surface area contributed by atoms with E-state index in [0.29, 0.717) is 10.8 Å². The molecule has 0 radical (unpaired) electrons. The first-order chi connectivity index (χ1) is 10.2. The molecule has 2 aromatic carbocycles. The van der Waals surface area contributed by atoms with Gasteiger partial charge in [0.15, 0.2) is 0 Å². The standard InChI is InChI=1S/C14H8F4O4/c15-13(16,11(19)20)14(17,18)12(21)22-10-6-5-8-3-1-2-4-9(8)7-10/h1-7H,(H,19,20). The minimum absolute atomic E-state index is 0.399. The number of carbonyl (C=O) groups excluding carboxylic acids is 1. The SMILES string of the molecule is O=C(O)C(F)(F)C(F)(F)C(=O)Oc1ccc2ccccc2c1. The van der Waals surface area contributed by atoms with Gasteiger partial charge in [-0.05, 0) is 22.9 Å². The van der Waals surface area contributed by atoms with Crippen molar-refractivity contribution >= 4 is 22.7 Å². The lowest BCUT2D eigenvalue weighted by atomic mass is 10.1. The van der Waals surface area contributed by atoms with Crippen molar-refractivity contribution < 1.29 is 37.0 Å². The Labute approximate surface area is 120 Å². The smallest absolute Gasteiger partial charge is 0.416 e. The Kier molecular flexibility index (Phi) is 3.78. The Bertz CT molecular complexity index is 742. The summed E-state index contributed by atoms with van der Waals surface area (Å²) in [5.74, 6) is -17.2. The molecule has 0 fully saturated rings. The van der Waals surface area contributed by atoms with Crippen molar-refractivity contribution in [3.63, 3.8) is 0 Å². The second kappa shape index (κ2) is 5.28. The molecule has 0 aliphatic heterocycles. The van der Waals surface area contributed by atoms with Gasteiger partial charge in [0.2, 0.25) is 0 Å². The molecule has 0 aromatic heterocycles. The summed E-state index contributed by atoms with van der Waals surface area (Å²) in [6.45, 7) is 0. The summed E-state index contributed by atoms with van der Waals surface area (Å²) in [4.78, 5) is 21.4. The minimum Gasteiger partial charge on any atom is -0.477 e. The quantitative estimate of drug-likeness (QED) is 0.535. The topological polar surface area (TPSA) is 63.6 Å². The van der Waals surface area contributed by atoms with Crippen molar-refractivity contribution in [3.8, 4) is 5.75 Å². The molecule has 4 nitrogen and oxygen atoms in total. The fourth-order valence-electron chi connectivity index (χ4n) is 1.66. The third-order valence-electron chi connectivity index (χ3n) is 2.85. The molecule has 2 rings (SSSR count). The van der Waals surface area contributed by atoms with Crippen LogP contribution in [-0.4, -0.2) is 28.9 Å². The molecule has 0 amide bonds. The van der Waals surface area contributed by atoms with E-state index in [1.54, 1.807) is 24.3 Å². The van der Waals surface area contributed by atoms with Crippen LogP contribution < -0.4 is 4.74 Å². The Morgan fingerprint density at radius 3 is 2.09 bits per heavy atom. The summed E-state index contributed by atoms with van der Waals surface area (Å²) < 4.78 is 56.4. The van der Waals surface area contributed by atoms with Gasteiger partial charge in [-0.3, -0.25) is 0 Å². The number of carbonyl (C=O) groups is 2. The molecule has 8 heteroatoms. The number of fused-ring (bicyclic) bond motifs is 1. The normalized spacial score (nSPS) is 12.2. The highest BCUT2D eigenvalue weighted by atomic mass is 19.3. The van der Waals surface area contributed by atoms with E-state index in [2.05, 4.69) is 4.74 Å². The van der Waals surface area contributed by atoms with E-state index in [9.17, 15) is 27.2 Å². The number of halogens is 4. The van der Waals surface area contributed by atoms with E-state index < -0.39 is 29.5 Å². The van der Waals surface area contributed by atoms with E-state index in [-0.39, 0.29) is 0 Å². The molecule has 22 heavy (non-hydrogen) atoms. The van der Waals surface area contributed by atoms with Crippen molar-refractivity contribution in [2.24, 2.45) is 0 Å². The van der Waals surface area contributed by atoms with Crippen LogP contribution in [0.25, 0.3) is 10.8 Å². The number of alkyl halides is 4. The van der Waals surface area contributed by atoms with E-state index >= 15 is 0 Å². The number of carboxylic acids is 1. The van der Waals surface area contributed by atoms with Gasteiger partial charge < -0.3 is 9.84 Å². The lowest BCUT2D eigenvalue weighted by Gasteiger charge is -2.20. The number of rotatable bonds is 4. The number of benzene rings is 2. The van der Waals surface area contributed by atoms with Gasteiger partial charge in [-0.25, -0.2) is 9.59 Å². The highest BCUT2D eigenvalue weighted by molar-refractivity contribution is 5.91. The largest absolute Gasteiger partial charge is 0.477 e. The zero-order valence-corrected chi connectivity index (χ0v) is 10.7. The van der Waals surface area contributed by atoms with Crippen molar-refractivity contribution in [1.29, 1.82) is 0 Å². The summed E-state index contributed by atoms with van der Waals surface area (Å²) >= 11 is 0. The van der Waals surface area contributed by atoms with Crippen molar-refractivity contribution in [3.05, 3.63) is 42.5 Å². The molecule has 0 aliphatic carbocycles. The van der Waals surface area contributed by atoms with Gasteiger partial charge in [-0.1, -0.05) is 30.3 Å². The minimum atomic E-state index is -5.57. The average molecular weight is 316 g/mol. The zero-order valence-electron chi connectivity index (χ0n) is 10.7. The Morgan fingerprint density at radius 1 is 0.909 bits per heavy atom. The summed E-state index contributed by atoms with van der Waals surface area (Å²) in [7, 11) is 0. The molecular formula is C14H8F4O4. The molecule has 0 heterocycles. The molecule has 2 aromatic rings. The Balaban J connectivity index is 2.28. The third kappa shape index (κ3) is 2.59. The molecular weight excluding hydrogens is 308 g/mol. The molecule has 0 saturated heterocycles. The maximum atomic E-state index is 13.2. The highest BCUT2D eigenvalue weighted by Gasteiger charge is 2.68. The molecule has 0 saturated carbocycles. The van der Waals surface area contributed by atoms with Gasteiger partial charge >= 0.3 is 23.8 Å². The predicted octanol–water partition coefficient (Wildman–Crippen LogP) is 3.10. The van der Waals surface area contributed by atoms with Crippen LogP contribution in [0.5, 0.6) is 5.75 Å². The predicted molar refractivity (Wildman–Crippen MR) is 67.1 cm³/mol. The second-order valence-corrected chi connectivity index (χ2v) is 4.35. The first-order valence-corrected chi connectivity index (χ1v) is 5.86. The number of aliphatic carboxylic acids is 1. The number of hydrogen-bond acceptors (Lipinski definition) is 3. The molecule has 0 unspecified atom stereocenters. The van der Waals surface area contributed by atoms with Gasteiger partial charge in [0, 0.05) is 0 Å². The molecule has 1 N–H and O–H groups in total. The molecule has 0 atom stereocenters. The maximum absolute atomic E-state index is 13.2. The van der Waals surface area contributed by atoms with Crippen LogP contribution in [0.3, 0.4) is 0 Å². The number of hydrogen-bond donors (Lipinski definition) is 1. The van der Waals surface area contributed by atoms with Crippen LogP contribution in [0.1, 0.15) is 0 Å². The van der Waals surface area contributed by atoms with E-state index in [4.69, 9.17) is 5.11 Å². The van der Waals surface area contributed by atoms with E-state index in [1.165, 1.54) is 12.1 Å². The van der Waals surface area contributed by atoms with Gasteiger partial charge in [0.25, 0.3) is 0 Å². The molecule has 116 valence electrons. The average Bonchev–Trinajstić information content (AvgIpc) is 2.46.